The van der Waals surface area contributed by atoms with Crippen LogP contribution in [0.1, 0.15) is 60.2 Å². The fourth-order valence-electron chi connectivity index (χ4n) is 5.14. The van der Waals surface area contributed by atoms with E-state index < -0.39 is 56.4 Å². The maximum Gasteiger partial charge on any atom is 0.516 e. The minimum atomic E-state index is -5.96. The zero-order valence-corrected chi connectivity index (χ0v) is 26.8. The van der Waals surface area contributed by atoms with Crippen LogP contribution < -0.4 is 25.6 Å². The third-order valence-electron chi connectivity index (χ3n) is 7.13. The van der Waals surface area contributed by atoms with Gasteiger partial charge >= 0.3 is 21.6 Å². The van der Waals surface area contributed by atoms with Crippen LogP contribution in [0.2, 0.25) is 0 Å². The van der Waals surface area contributed by atoms with Gasteiger partial charge in [0.2, 0.25) is 11.8 Å². The topological polar surface area (TPSA) is 154 Å². The summed E-state index contributed by atoms with van der Waals surface area (Å²) < 4.78 is 61.9. The highest BCUT2D eigenvalue weighted by molar-refractivity contribution is 7.90. The number of urea groups is 1. The molecule has 0 saturated heterocycles. The van der Waals surface area contributed by atoms with Gasteiger partial charge in [-0.25, -0.2) is 9.52 Å². The Bertz CT molecular complexity index is 1790. The molecule has 250 valence electrons. The second kappa shape index (κ2) is 13.4. The molecule has 0 bridgehead atoms. The molecule has 3 aromatic rings. The number of fused-ring (bicyclic) bond motifs is 1. The zero-order chi connectivity index (χ0) is 34.7. The van der Waals surface area contributed by atoms with Crippen LogP contribution in [0, 0.1) is 6.92 Å². The van der Waals surface area contributed by atoms with Crippen molar-refractivity contribution < 1.29 is 40.8 Å². The van der Waals surface area contributed by atoms with E-state index in [1.54, 1.807) is 20.8 Å². The van der Waals surface area contributed by atoms with Gasteiger partial charge in [-0.2, -0.15) is 21.6 Å². The Balaban J connectivity index is 1.64. The van der Waals surface area contributed by atoms with E-state index >= 15 is 0 Å². The molecule has 0 unspecified atom stereocenters. The second-order valence-electron chi connectivity index (χ2n) is 12.1. The highest BCUT2D eigenvalue weighted by Gasteiger charge is 2.47. The predicted octanol–water partition coefficient (Wildman–Crippen LogP) is 4.55. The SMILES string of the molecule is Cc1ccc2c(c1)N(CC(=O)NC(C)(C)C)C(=O)[C@H](NC(=O)Nc1cccc(C(=O)NS(=O)(=O)C(F)(F)F)c1)C[C@@H]2c1ccccc1. The van der Waals surface area contributed by atoms with Crippen LogP contribution in [0.4, 0.5) is 29.3 Å². The summed E-state index contributed by atoms with van der Waals surface area (Å²) in [6.07, 6.45) is 0.113. The van der Waals surface area contributed by atoms with Crippen molar-refractivity contribution in [2.75, 3.05) is 16.8 Å². The molecule has 4 rings (SSSR count). The van der Waals surface area contributed by atoms with Gasteiger partial charge in [0.1, 0.15) is 12.6 Å². The van der Waals surface area contributed by atoms with Gasteiger partial charge in [-0.1, -0.05) is 48.5 Å². The van der Waals surface area contributed by atoms with Crippen LogP contribution in [0.5, 0.6) is 0 Å². The molecule has 0 spiro atoms. The van der Waals surface area contributed by atoms with Crippen molar-refractivity contribution in [2.24, 2.45) is 0 Å². The molecule has 0 radical (unpaired) electrons. The highest BCUT2D eigenvalue weighted by atomic mass is 32.2. The van der Waals surface area contributed by atoms with Crippen LogP contribution in [0.15, 0.2) is 72.8 Å². The minimum Gasteiger partial charge on any atom is -0.350 e. The number of nitrogens with zero attached hydrogens (tertiary/aromatic N) is 1. The van der Waals surface area contributed by atoms with Gasteiger partial charge < -0.3 is 20.9 Å². The van der Waals surface area contributed by atoms with Crippen molar-refractivity contribution >= 4 is 45.2 Å². The van der Waals surface area contributed by atoms with Crippen LogP contribution in [-0.2, 0) is 19.6 Å². The number of benzene rings is 3. The lowest BCUT2D eigenvalue weighted by molar-refractivity contribution is -0.125. The van der Waals surface area contributed by atoms with Crippen molar-refractivity contribution in [1.29, 1.82) is 0 Å². The van der Waals surface area contributed by atoms with Crippen LogP contribution in [0.25, 0.3) is 0 Å². The van der Waals surface area contributed by atoms with Gasteiger partial charge in [-0.15, -0.1) is 0 Å². The Hall–Kier alpha value is -4.92. The smallest absolute Gasteiger partial charge is 0.350 e. The number of rotatable bonds is 7. The number of amides is 5. The number of hydrogen-bond donors (Lipinski definition) is 4. The maximum absolute atomic E-state index is 14.1. The van der Waals surface area contributed by atoms with Crippen LogP contribution in [0.3, 0.4) is 0 Å². The Morgan fingerprint density at radius 3 is 2.26 bits per heavy atom. The normalized spacial score (nSPS) is 16.8. The summed E-state index contributed by atoms with van der Waals surface area (Å²) in [5, 5.41) is 7.94. The number of halogens is 3. The van der Waals surface area contributed by atoms with E-state index in [4.69, 9.17) is 0 Å². The highest BCUT2D eigenvalue weighted by Crippen LogP contribution is 2.39. The summed E-state index contributed by atoms with van der Waals surface area (Å²) >= 11 is 0. The molecule has 0 fully saturated rings. The van der Waals surface area contributed by atoms with E-state index in [1.165, 1.54) is 17.0 Å². The molecule has 47 heavy (non-hydrogen) atoms. The molecule has 4 N–H and O–H groups in total. The number of nitrogens with one attached hydrogen (secondary N) is 4. The Morgan fingerprint density at radius 1 is 0.936 bits per heavy atom. The third-order valence-corrected chi connectivity index (χ3v) is 8.19. The molecule has 2 atom stereocenters. The van der Waals surface area contributed by atoms with Crippen molar-refractivity contribution in [3.05, 3.63) is 95.1 Å². The number of hydrogen-bond acceptors (Lipinski definition) is 6. The van der Waals surface area contributed by atoms with Gasteiger partial charge in [0.15, 0.2) is 0 Å². The van der Waals surface area contributed by atoms with Gasteiger partial charge in [-0.3, -0.25) is 14.4 Å². The first-order valence-electron chi connectivity index (χ1n) is 14.4. The lowest BCUT2D eigenvalue weighted by Gasteiger charge is -2.28. The number of anilines is 2. The molecule has 5 amide bonds. The Labute approximate surface area is 270 Å². The average molecular weight is 674 g/mol. The summed E-state index contributed by atoms with van der Waals surface area (Å²) in [5.41, 5.74) is -3.82. The standard InChI is InChI=1S/C32H34F3N5O6S/c1-19-13-14-23-24(20-9-6-5-7-10-20)17-25(29(43)40(26(23)15-19)18-27(41)38-31(2,3)4)37-30(44)36-22-12-8-11-21(16-22)28(42)39-47(45,46)32(33,34)35/h5-16,24-25H,17-18H2,1-4H3,(H,38,41)(H,39,42)(H2,36,37,44)/t24-,25-/m1/s1. The monoisotopic (exact) mass is 673 g/mol. The zero-order valence-electron chi connectivity index (χ0n) is 25.9. The first kappa shape index (κ1) is 34.9. The lowest BCUT2D eigenvalue weighted by Crippen LogP contribution is -2.53. The lowest BCUT2D eigenvalue weighted by atomic mass is 9.85. The quantitative estimate of drug-likeness (QED) is 0.289. The number of carbonyl (C=O) groups is 4. The van der Waals surface area contributed by atoms with Crippen molar-refractivity contribution in [3.8, 4) is 0 Å². The van der Waals surface area contributed by atoms with E-state index in [9.17, 15) is 40.8 Å². The number of aryl methyl sites for hydroxylation is 1. The van der Waals surface area contributed by atoms with E-state index in [0.29, 0.717) is 5.69 Å². The molecule has 15 heteroatoms. The van der Waals surface area contributed by atoms with E-state index in [0.717, 1.165) is 33.5 Å². The van der Waals surface area contributed by atoms with Gasteiger partial charge in [-0.05, 0) is 75.1 Å². The van der Waals surface area contributed by atoms with E-state index in [-0.39, 0.29) is 24.6 Å². The molecular formula is C32H34F3N5O6S. The third kappa shape index (κ3) is 8.67. The fourth-order valence-corrected chi connectivity index (χ4v) is 5.62. The number of sulfonamides is 1. The average Bonchev–Trinajstić information content (AvgIpc) is 3.06. The van der Waals surface area contributed by atoms with Gasteiger partial charge in [0.25, 0.3) is 5.91 Å². The Kier molecular flexibility index (Phi) is 9.99. The molecule has 0 aromatic heterocycles. The van der Waals surface area contributed by atoms with E-state index in [2.05, 4.69) is 16.0 Å². The summed E-state index contributed by atoms with van der Waals surface area (Å²) in [4.78, 5) is 54.1. The van der Waals surface area contributed by atoms with Crippen LogP contribution >= 0.6 is 0 Å². The van der Waals surface area contributed by atoms with Crippen molar-refractivity contribution in [2.45, 2.75) is 57.1 Å². The summed E-state index contributed by atoms with van der Waals surface area (Å²) in [7, 11) is -5.96. The molecular weight excluding hydrogens is 639 g/mol. The summed E-state index contributed by atoms with van der Waals surface area (Å²) in [6, 6.07) is 17.5. The molecule has 11 nitrogen and oxygen atoms in total. The van der Waals surface area contributed by atoms with Crippen molar-refractivity contribution in [1.82, 2.24) is 15.4 Å². The minimum absolute atomic E-state index is 0.0689. The largest absolute Gasteiger partial charge is 0.516 e. The molecule has 0 saturated carbocycles. The summed E-state index contributed by atoms with van der Waals surface area (Å²) in [6.45, 7) is 6.95. The molecule has 3 aromatic carbocycles. The summed E-state index contributed by atoms with van der Waals surface area (Å²) in [5.74, 6) is -2.91. The molecule has 1 heterocycles. The van der Waals surface area contributed by atoms with Gasteiger partial charge in [0.05, 0.1) is 0 Å². The van der Waals surface area contributed by atoms with Crippen LogP contribution in [-0.4, -0.2) is 55.8 Å². The Morgan fingerprint density at radius 2 is 1.62 bits per heavy atom. The van der Waals surface area contributed by atoms with Gasteiger partial charge in [0, 0.05) is 28.4 Å². The number of alkyl halides is 3. The van der Waals surface area contributed by atoms with Crippen molar-refractivity contribution in [3.63, 3.8) is 0 Å². The molecule has 1 aliphatic rings. The fraction of sp³-hybridized carbons (Fsp3) is 0.312. The first-order chi connectivity index (χ1) is 21.8. The van der Waals surface area contributed by atoms with E-state index in [1.807, 2.05) is 55.5 Å². The molecule has 0 aliphatic carbocycles. The maximum atomic E-state index is 14.1. The predicted molar refractivity (Wildman–Crippen MR) is 169 cm³/mol. The number of carbonyl (C=O) groups excluding carboxylic acids is 4. The second-order valence-corrected chi connectivity index (χ2v) is 13.8. The molecule has 1 aliphatic heterocycles. The first-order valence-corrected chi connectivity index (χ1v) is 15.9.